The fourth-order valence-corrected chi connectivity index (χ4v) is 5.33. The molecule has 2 aromatic carbocycles. The molecule has 44 heavy (non-hydrogen) atoms. The number of amides is 4. The molecule has 4 amide bonds. The molecule has 14 heteroatoms. The second-order valence-electron chi connectivity index (χ2n) is 11.0. The van der Waals surface area contributed by atoms with Crippen LogP contribution >= 0.6 is 31.9 Å². The Labute approximate surface area is 273 Å². The van der Waals surface area contributed by atoms with E-state index >= 15 is 0 Å². The number of carboxylic acids is 1. The van der Waals surface area contributed by atoms with E-state index in [0.29, 0.717) is 39.5 Å². The molecule has 0 aliphatic carbocycles. The lowest BCUT2D eigenvalue weighted by atomic mass is 10.0. The number of halogens is 2. The molecule has 0 saturated heterocycles. The van der Waals surface area contributed by atoms with Crippen LogP contribution in [-0.2, 0) is 27.2 Å². The Morgan fingerprint density at radius 1 is 0.909 bits per heavy atom. The first-order valence-electron chi connectivity index (χ1n) is 14.0. The topological polar surface area (TPSA) is 175 Å². The standard InChI is InChI=1S/C30H40Br2N4O8/c1-30(2,3)44-29(42)34-12-6-5-10-23(27(39)40)35-26(38)24(17-19-15-21(31)25(37)22(32)16-19)36-28(41)33-13-11-18-8-7-9-20(14-18)43-4/h7-9,14-16,23-24,37H,5-6,10-13,17H2,1-4H3,(H,34,42)(H,35,38)(H,39,40)(H2,33,36,41)/t23-,24+/m0/s1. The van der Waals surface area contributed by atoms with Crippen molar-refractivity contribution in [3.05, 3.63) is 56.5 Å². The molecule has 12 nitrogen and oxygen atoms in total. The molecule has 0 unspecified atom stereocenters. The minimum atomic E-state index is -1.23. The van der Waals surface area contributed by atoms with E-state index < -0.39 is 41.7 Å². The van der Waals surface area contributed by atoms with Crippen molar-refractivity contribution in [2.24, 2.45) is 0 Å². The number of rotatable bonds is 15. The van der Waals surface area contributed by atoms with Crippen molar-refractivity contribution in [1.82, 2.24) is 21.3 Å². The number of hydrogen-bond donors (Lipinski definition) is 6. The number of unbranched alkanes of at least 4 members (excludes halogenated alkanes) is 1. The van der Waals surface area contributed by atoms with Gasteiger partial charge in [-0.25, -0.2) is 14.4 Å². The van der Waals surface area contributed by atoms with Gasteiger partial charge in [0.15, 0.2) is 0 Å². The highest BCUT2D eigenvalue weighted by atomic mass is 79.9. The number of carbonyl (C=O) groups is 4. The maximum absolute atomic E-state index is 13.3. The molecule has 0 aliphatic heterocycles. The second kappa shape index (κ2) is 17.7. The van der Waals surface area contributed by atoms with Crippen molar-refractivity contribution in [1.29, 1.82) is 0 Å². The van der Waals surface area contributed by atoms with Crippen LogP contribution < -0.4 is 26.0 Å². The van der Waals surface area contributed by atoms with Crippen molar-refractivity contribution >= 4 is 55.9 Å². The maximum atomic E-state index is 13.3. The van der Waals surface area contributed by atoms with Crippen LogP contribution in [0.5, 0.6) is 11.5 Å². The SMILES string of the molecule is COc1cccc(CCNC(=O)N[C@H](Cc2cc(Br)c(O)c(Br)c2)C(=O)N[C@@H](CCCCNC(=O)OC(C)(C)C)C(=O)O)c1. The number of urea groups is 1. The molecule has 0 fully saturated rings. The number of aliphatic carboxylic acids is 1. The fraction of sp³-hybridized carbons (Fsp3) is 0.467. The number of methoxy groups -OCH3 is 1. The summed E-state index contributed by atoms with van der Waals surface area (Å²) in [6.45, 7) is 5.80. The molecule has 242 valence electrons. The number of ether oxygens (including phenoxy) is 2. The van der Waals surface area contributed by atoms with Gasteiger partial charge in [0, 0.05) is 19.5 Å². The first-order chi connectivity index (χ1) is 20.7. The number of carboxylic acid groups (broad SMARTS) is 1. The van der Waals surface area contributed by atoms with E-state index in [2.05, 4.69) is 53.1 Å². The van der Waals surface area contributed by atoms with Crippen LogP contribution in [0.3, 0.4) is 0 Å². The summed E-state index contributed by atoms with van der Waals surface area (Å²) in [5.41, 5.74) is 0.911. The first-order valence-corrected chi connectivity index (χ1v) is 15.6. The second-order valence-corrected chi connectivity index (χ2v) is 12.7. The molecule has 2 aromatic rings. The highest BCUT2D eigenvalue weighted by molar-refractivity contribution is 9.11. The predicted octanol–water partition coefficient (Wildman–Crippen LogP) is 4.64. The third kappa shape index (κ3) is 13.4. The third-order valence-electron chi connectivity index (χ3n) is 6.17. The van der Waals surface area contributed by atoms with Crippen LogP contribution in [0.2, 0.25) is 0 Å². The molecule has 0 saturated carbocycles. The molecule has 2 atom stereocenters. The molecule has 2 rings (SSSR count). The van der Waals surface area contributed by atoms with Crippen molar-refractivity contribution in [3.8, 4) is 11.5 Å². The minimum absolute atomic E-state index is 0.0127. The van der Waals surface area contributed by atoms with Crippen molar-refractivity contribution < 1.29 is 38.9 Å². The number of phenolic OH excluding ortho intramolecular Hbond substituents is 1. The van der Waals surface area contributed by atoms with E-state index in [1.165, 1.54) is 0 Å². The zero-order chi connectivity index (χ0) is 32.9. The lowest BCUT2D eigenvalue weighted by Crippen LogP contribution is -2.54. The van der Waals surface area contributed by atoms with Crippen molar-refractivity contribution in [3.63, 3.8) is 0 Å². The van der Waals surface area contributed by atoms with Gasteiger partial charge in [-0.2, -0.15) is 0 Å². The molecule has 0 spiro atoms. The van der Waals surface area contributed by atoms with Crippen LogP contribution in [0, 0.1) is 0 Å². The number of hydrogen-bond acceptors (Lipinski definition) is 7. The summed E-state index contributed by atoms with van der Waals surface area (Å²) in [6.07, 6.45) is 0.928. The average Bonchev–Trinajstić information content (AvgIpc) is 2.93. The lowest BCUT2D eigenvalue weighted by Gasteiger charge is -2.22. The Balaban J connectivity index is 2.03. The Bertz CT molecular complexity index is 1280. The Hall–Kier alpha value is -3.52. The van der Waals surface area contributed by atoms with E-state index in [9.17, 15) is 29.4 Å². The molecular weight excluding hydrogens is 704 g/mol. The highest BCUT2D eigenvalue weighted by Gasteiger charge is 2.27. The molecule has 0 radical (unpaired) electrons. The van der Waals surface area contributed by atoms with Gasteiger partial charge in [0.2, 0.25) is 5.91 Å². The zero-order valence-electron chi connectivity index (χ0n) is 25.2. The number of phenols is 1. The van der Waals surface area contributed by atoms with E-state index in [0.717, 1.165) is 5.56 Å². The van der Waals surface area contributed by atoms with Gasteiger partial charge in [-0.05, 0) is 114 Å². The van der Waals surface area contributed by atoms with Gasteiger partial charge in [0.1, 0.15) is 29.2 Å². The summed E-state index contributed by atoms with van der Waals surface area (Å²) in [6, 6.07) is 7.68. The Kier molecular flexibility index (Phi) is 14.7. The quantitative estimate of drug-likeness (QED) is 0.143. The summed E-state index contributed by atoms with van der Waals surface area (Å²) in [4.78, 5) is 49.9. The highest BCUT2D eigenvalue weighted by Crippen LogP contribution is 2.33. The number of carbonyl (C=O) groups excluding carboxylic acids is 3. The summed E-state index contributed by atoms with van der Waals surface area (Å²) < 4.78 is 11.2. The van der Waals surface area contributed by atoms with Crippen molar-refractivity contribution in [2.75, 3.05) is 20.2 Å². The lowest BCUT2D eigenvalue weighted by molar-refractivity contribution is -0.142. The summed E-state index contributed by atoms with van der Waals surface area (Å²) in [7, 11) is 1.57. The van der Waals surface area contributed by atoms with Gasteiger partial charge >= 0.3 is 18.1 Å². The van der Waals surface area contributed by atoms with Gasteiger partial charge in [-0.15, -0.1) is 0 Å². The van der Waals surface area contributed by atoms with Crippen molar-refractivity contribution in [2.45, 2.75) is 70.6 Å². The van der Waals surface area contributed by atoms with Gasteiger partial charge < -0.3 is 41.0 Å². The fourth-order valence-electron chi connectivity index (χ4n) is 4.05. The Morgan fingerprint density at radius 3 is 2.20 bits per heavy atom. The zero-order valence-corrected chi connectivity index (χ0v) is 28.3. The van der Waals surface area contributed by atoms with Crippen LogP contribution in [0.15, 0.2) is 45.3 Å². The van der Waals surface area contributed by atoms with Gasteiger partial charge in [0.05, 0.1) is 16.1 Å². The summed E-state index contributed by atoms with van der Waals surface area (Å²) in [5, 5.41) is 30.3. The molecule has 0 aliphatic rings. The largest absolute Gasteiger partial charge is 0.506 e. The number of benzene rings is 2. The van der Waals surface area contributed by atoms with E-state index in [4.69, 9.17) is 9.47 Å². The smallest absolute Gasteiger partial charge is 0.407 e. The molecule has 0 bridgehead atoms. The van der Waals surface area contributed by atoms with Crippen LogP contribution in [0.25, 0.3) is 0 Å². The van der Waals surface area contributed by atoms with Gasteiger partial charge in [0.25, 0.3) is 0 Å². The van der Waals surface area contributed by atoms with E-state index in [1.807, 2.05) is 24.3 Å². The minimum Gasteiger partial charge on any atom is -0.506 e. The Morgan fingerprint density at radius 2 is 1.59 bits per heavy atom. The molecular formula is C30H40Br2N4O8. The average molecular weight is 744 g/mol. The number of aromatic hydroxyl groups is 1. The van der Waals surface area contributed by atoms with Crippen LogP contribution in [0.1, 0.15) is 51.2 Å². The maximum Gasteiger partial charge on any atom is 0.407 e. The predicted molar refractivity (Wildman–Crippen MR) is 172 cm³/mol. The number of nitrogens with one attached hydrogen (secondary N) is 4. The van der Waals surface area contributed by atoms with E-state index in [1.54, 1.807) is 40.0 Å². The monoisotopic (exact) mass is 742 g/mol. The first kappa shape index (κ1) is 36.7. The normalized spacial score (nSPS) is 12.4. The van der Waals surface area contributed by atoms with Gasteiger partial charge in [-0.3, -0.25) is 4.79 Å². The van der Waals surface area contributed by atoms with E-state index in [-0.39, 0.29) is 31.7 Å². The third-order valence-corrected chi connectivity index (χ3v) is 7.38. The molecule has 0 heterocycles. The number of alkyl carbamates (subject to hydrolysis) is 1. The van der Waals surface area contributed by atoms with Gasteiger partial charge in [-0.1, -0.05) is 12.1 Å². The molecule has 6 N–H and O–H groups in total. The van der Waals surface area contributed by atoms with Crippen LogP contribution in [0.4, 0.5) is 9.59 Å². The van der Waals surface area contributed by atoms with Crippen LogP contribution in [-0.4, -0.2) is 72.1 Å². The summed E-state index contributed by atoms with van der Waals surface area (Å²) >= 11 is 6.53. The summed E-state index contributed by atoms with van der Waals surface area (Å²) in [5.74, 6) is -1.24. The molecule has 0 aromatic heterocycles.